The first-order chi connectivity index (χ1) is 10.2. The van der Waals surface area contributed by atoms with Crippen LogP contribution in [-0.4, -0.2) is 5.78 Å². The van der Waals surface area contributed by atoms with E-state index >= 15 is 0 Å². The Morgan fingerprint density at radius 3 is 2.38 bits per heavy atom. The number of rotatable bonds is 5. The van der Waals surface area contributed by atoms with Crippen molar-refractivity contribution in [2.75, 3.05) is 0 Å². The molecule has 3 nitrogen and oxygen atoms in total. The molecule has 0 amide bonds. The molecule has 0 saturated carbocycles. The summed E-state index contributed by atoms with van der Waals surface area (Å²) >= 11 is 7.22. The zero-order chi connectivity index (χ0) is 15.2. The van der Waals surface area contributed by atoms with Gasteiger partial charge < -0.3 is 0 Å². The summed E-state index contributed by atoms with van der Waals surface area (Å²) < 4.78 is 0. The topological polar surface area (TPSA) is 64.7 Å². The lowest BCUT2D eigenvalue weighted by atomic mass is 9.83. The van der Waals surface area contributed by atoms with E-state index in [0.29, 0.717) is 9.90 Å². The van der Waals surface area contributed by atoms with E-state index in [2.05, 4.69) is 0 Å². The van der Waals surface area contributed by atoms with Gasteiger partial charge in [0.05, 0.1) is 17.0 Å². The van der Waals surface area contributed by atoms with Crippen LogP contribution < -0.4 is 0 Å². The number of hydrogen-bond donors (Lipinski definition) is 0. The Labute approximate surface area is 132 Å². The summed E-state index contributed by atoms with van der Waals surface area (Å²) in [5.41, 5.74) is 0.775. The Morgan fingerprint density at radius 2 is 1.86 bits per heavy atom. The maximum absolute atomic E-state index is 12.3. The Morgan fingerprint density at radius 1 is 1.19 bits per heavy atom. The smallest absolute Gasteiger partial charge is 0.173 e. The molecule has 1 unspecified atom stereocenters. The highest BCUT2D eigenvalue weighted by molar-refractivity contribution is 7.12. The zero-order valence-corrected chi connectivity index (χ0v) is 12.6. The van der Waals surface area contributed by atoms with E-state index in [-0.39, 0.29) is 12.2 Å². The van der Waals surface area contributed by atoms with E-state index in [9.17, 15) is 4.79 Å². The van der Waals surface area contributed by atoms with Crippen LogP contribution in [0.25, 0.3) is 0 Å². The minimum atomic E-state index is -0.866. The number of halogens is 1. The van der Waals surface area contributed by atoms with Crippen LogP contribution in [-0.2, 0) is 0 Å². The van der Waals surface area contributed by atoms with Gasteiger partial charge in [0, 0.05) is 17.4 Å². The maximum atomic E-state index is 12.3. The number of nitriles is 2. The molecule has 0 spiro atoms. The number of ketones is 1. The molecule has 0 aliphatic heterocycles. The van der Waals surface area contributed by atoms with Crippen LogP contribution in [0.5, 0.6) is 0 Å². The average Bonchev–Trinajstić information content (AvgIpc) is 3.02. The molecule has 104 valence electrons. The molecule has 21 heavy (non-hydrogen) atoms. The quantitative estimate of drug-likeness (QED) is 0.767. The number of carbonyl (C=O) groups is 1. The van der Waals surface area contributed by atoms with Crippen molar-refractivity contribution in [3.8, 4) is 12.1 Å². The van der Waals surface area contributed by atoms with E-state index in [1.54, 1.807) is 36.4 Å². The van der Waals surface area contributed by atoms with Crippen molar-refractivity contribution in [1.29, 1.82) is 10.5 Å². The predicted molar refractivity (Wildman–Crippen MR) is 82.2 cm³/mol. The van der Waals surface area contributed by atoms with Crippen molar-refractivity contribution in [2.45, 2.75) is 12.3 Å². The second-order valence-electron chi connectivity index (χ2n) is 4.50. The summed E-state index contributed by atoms with van der Waals surface area (Å²) in [4.78, 5) is 12.9. The summed E-state index contributed by atoms with van der Waals surface area (Å²) in [5, 5.41) is 20.7. The normalized spacial score (nSPS) is 11.6. The van der Waals surface area contributed by atoms with E-state index < -0.39 is 11.8 Å². The number of benzene rings is 1. The van der Waals surface area contributed by atoms with E-state index in [4.69, 9.17) is 22.1 Å². The fourth-order valence-electron chi connectivity index (χ4n) is 2.08. The van der Waals surface area contributed by atoms with Gasteiger partial charge in [-0.25, -0.2) is 0 Å². The van der Waals surface area contributed by atoms with Crippen LogP contribution in [0.15, 0.2) is 41.8 Å². The number of carbonyl (C=O) groups excluding carboxylic acids is 1. The molecule has 0 radical (unpaired) electrons. The van der Waals surface area contributed by atoms with Gasteiger partial charge in [0.15, 0.2) is 5.78 Å². The van der Waals surface area contributed by atoms with Crippen molar-refractivity contribution in [1.82, 2.24) is 0 Å². The van der Waals surface area contributed by atoms with Crippen LogP contribution >= 0.6 is 22.9 Å². The van der Waals surface area contributed by atoms with E-state index in [0.717, 1.165) is 5.56 Å². The maximum Gasteiger partial charge on any atom is 0.173 e. The standard InChI is InChI=1S/C16H11ClN2OS/c17-13-5-3-11(4-6-13)14(12(9-18)10-19)8-15(20)16-2-1-7-21-16/h1-7,12,14H,8H2. The Hall–Kier alpha value is -2.14. The van der Waals surface area contributed by atoms with Gasteiger partial charge >= 0.3 is 0 Å². The highest BCUT2D eigenvalue weighted by Gasteiger charge is 2.26. The second-order valence-corrected chi connectivity index (χ2v) is 5.88. The Kier molecular flexibility index (Phi) is 5.11. The summed E-state index contributed by atoms with van der Waals surface area (Å²) in [7, 11) is 0. The Balaban J connectivity index is 2.29. The monoisotopic (exact) mass is 314 g/mol. The van der Waals surface area contributed by atoms with Gasteiger partial charge in [-0.15, -0.1) is 11.3 Å². The largest absolute Gasteiger partial charge is 0.293 e. The second kappa shape index (κ2) is 7.04. The first-order valence-corrected chi connectivity index (χ1v) is 7.53. The first-order valence-electron chi connectivity index (χ1n) is 6.27. The van der Waals surface area contributed by atoms with Crippen molar-refractivity contribution in [2.24, 2.45) is 5.92 Å². The van der Waals surface area contributed by atoms with Gasteiger partial charge in [0.2, 0.25) is 0 Å². The number of Topliss-reactive ketones (excluding diaryl/α,β-unsaturated/α-hetero) is 1. The SMILES string of the molecule is N#CC(C#N)C(CC(=O)c1cccs1)c1ccc(Cl)cc1. The minimum Gasteiger partial charge on any atom is -0.293 e. The summed E-state index contributed by atoms with van der Waals surface area (Å²) in [5.74, 6) is -1.37. The highest BCUT2D eigenvalue weighted by atomic mass is 35.5. The van der Waals surface area contributed by atoms with Crippen molar-refractivity contribution in [3.05, 3.63) is 57.2 Å². The zero-order valence-electron chi connectivity index (χ0n) is 11.0. The first kappa shape index (κ1) is 15.3. The molecule has 0 bridgehead atoms. The molecule has 0 fully saturated rings. The molecule has 0 aliphatic carbocycles. The predicted octanol–water partition coefficient (Wildman–Crippen LogP) is 4.42. The van der Waals surface area contributed by atoms with Crippen LogP contribution in [0, 0.1) is 28.6 Å². The fourth-order valence-corrected chi connectivity index (χ4v) is 2.89. The Bertz CT molecular complexity index is 681. The van der Waals surface area contributed by atoms with E-state index in [1.807, 2.05) is 17.5 Å². The third-order valence-electron chi connectivity index (χ3n) is 3.18. The van der Waals surface area contributed by atoms with Crippen LogP contribution in [0.3, 0.4) is 0 Å². The third kappa shape index (κ3) is 3.70. The van der Waals surface area contributed by atoms with Crippen LogP contribution in [0.1, 0.15) is 27.6 Å². The van der Waals surface area contributed by atoms with Gasteiger partial charge in [0.25, 0.3) is 0 Å². The molecule has 0 saturated heterocycles. The molecule has 1 aromatic heterocycles. The van der Waals surface area contributed by atoms with Gasteiger partial charge in [-0.3, -0.25) is 4.79 Å². The van der Waals surface area contributed by atoms with Gasteiger partial charge in [-0.2, -0.15) is 10.5 Å². The lowest BCUT2D eigenvalue weighted by Crippen LogP contribution is -2.14. The molecular formula is C16H11ClN2OS. The van der Waals surface area contributed by atoms with Crippen LogP contribution in [0.4, 0.5) is 0 Å². The van der Waals surface area contributed by atoms with Gasteiger partial charge in [-0.1, -0.05) is 29.8 Å². The van der Waals surface area contributed by atoms with E-state index in [1.165, 1.54) is 11.3 Å². The molecule has 5 heteroatoms. The molecule has 2 aromatic rings. The molecular weight excluding hydrogens is 304 g/mol. The highest BCUT2D eigenvalue weighted by Crippen LogP contribution is 2.30. The third-order valence-corrected chi connectivity index (χ3v) is 4.34. The average molecular weight is 315 g/mol. The molecule has 0 N–H and O–H groups in total. The fraction of sp³-hybridized carbons (Fsp3) is 0.188. The van der Waals surface area contributed by atoms with Crippen molar-refractivity contribution in [3.63, 3.8) is 0 Å². The molecule has 1 heterocycles. The van der Waals surface area contributed by atoms with Crippen molar-refractivity contribution >= 4 is 28.7 Å². The molecule has 1 aromatic carbocycles. The van der Waals surface area contributed by atoms with Gasteiger partial charge in [0.1, 0.15) is 5.92 Å². The lowest BCUT2D eigenvalue weighted by Gasteiger charge is -2.17. The number of thiophene rings is 1. The van der Waals surface area contributed by atoms with Crippen LogP contribution in [0.2, 0.25) is 5.02 Å². The molecule has 1 atom stereocenters. The lowest BCUT2D eigenvalue weighted by molar-refractivity contribution is 0.0975. The minimum absolute atomic E-state index is 0.0551. The summed E-state index contributed by atoms with van der Waals surface area (Å²) in [6.45, 7) is 0. The summed E-state index contributed by atoms with van der Waals surface area (Å²) in [6.07, 6.45) is 0.133. The molecule has 2 rings (SSSR count). The summed E-state index contributed by atoms with van der Waals surface area (Å²) in [6, 6.07) is 14.4. The van der Waals surface area contributed by atoms with Gasteiger partial charge in [-0.05, 0) is 29.1 Å². The number of nitrogens with zero attached hydrogens (tertiary/aromatic N) is 2. The van der Waals surface area contributed by atoms with Crippen molar-refractivity contribution < 1.29 is 4.79 Å². The number of hydrogen-bond acceptors (Lipinski definition) is 4. The molecule has 0 aliphatic rings.